The SMILES string of the molecule is CCCCCCCCCCCCCCCCCCCCCCCCCCCCCC(O)C(COC1OC(CO)C(OC2OC(CO)C(OC3OC(CO)C(O)C(O)C3O)C(O)C2O)C(O)C1O)NC(=O)CCCCCCCCCCCCCCCCCCCCCCC. The Morgan fingerprint density at radius 3 is 0.935 bits per heavy atom. The van der Waals surface area contributed by atoms with Gasteiger partial charge in [0.1, 0.15) is 73.2 Å². The van der Waals surface area contributed by atoms with Crippen LogP contribution < -0.4 is 5.32 Å². The Labute approximate surface area is 563 Å². The second-order valence-corrected chi connectivity index (χ2v) is 28.2. The average molecular weight is 1330 g/mol. The molecule has 17 atom stereocenters. The predicted molar refractivity (Wildman–Crippen MR) is 365 cm³/mol. The summed E-state index contributed by atoms with van der Waals surface area (Å²) in [4.78, 5) is 13.5. The predicted octanol–water partition coefficient (Wildman–Crippen LogP) is 11.8. The molecule has 3 rings (SSSR count). The lowest BCUT2D eigenvalue weighted by Gasteiger charge is -2.48. The van der Waals surface area contributed by atoms with Gasteiger partial charge in [-0.1, -0.05) is 316 Å². The topological polar surface area (TPSA) is 307 Å². The monoisotopic (exact) mass is 1330 g/mol. The number of carbonyl (C=O) groups is 1. The van der Waals surface area contributed by atoms with Crippen molar-refractivity contribution in [3.05, 3.63) is 0 Å². The van der Waals surface area contributed by atoms with Gasteiger partial charge in [0.2, 0.25) is 5.91 Å². The van der Waals surface area contributed by atoms with Gasteiger partial charge in [-0.05, 0) is 12.8 Å². The Morgan fingerprint density at radius 2 is 0.613 bits per heavy atom. The van der Waals surface area contributed by atoms with Crippen molar-refractivity contribution in [2.75, 3.05) is 26.4 Å². The normalized spacial score (nSPS) is 27.4. The van der Waals surface area contributed by atoms with Crippen LogP contribution in [0.15, 0.2) is 0 Å². The number of carbonyl (C=O) groups excluding carboxylic acids is 1. The van der Waals surface area contributed by atoms with Crippen LogP contribution in [0.25, 0.3) is 0 Å². The highest BCUT2D eigenvalue weighted by molar-refractivity contribution is 5.76. The molecule has 3 heterocycles. The summed E-state index contributed by atoms with van der Waals surface area (Å²) in [6, 6.07) is -0.883. The molecule has 0 aromatic rings. The summed E-state index contributed by atoms with van der Waals surface area (Å²) >= 11 is 0. The molecule has 17 unspecified atom stereocenters. The number of aliphatic hydroxyl groups excluding tert-OH is 11. The highest BCUT2D eigenvalue weighted by Crippen LogP contribution is 2.33. The zero-order valence-electron chi connectivity index (χ0n) is 58.8. The Balaban J connectivity index is 1.38. The highest BCUT2D eigenvalue weighted by atomic mass is 16.8. The van der Waals surface area contributed by atoms with Gasteiger partial charge < -0.3 is 89.9 Å². The molecule has 93 heavy (non-hydrogen) atoms. The van der Waals surface area contributed by atoms with E-state index < -0.39 is 124 Å². The first kappa shape index (κ1) is 86.0. The lowest BCUT2D eigenvalue weighted by atomic mass is 9.96. The second kappa shape index (κ2) is 56.5. The summed E-state index contributed by atoms with van der Waals surface area (Å²) < 4.78 is 34.5. The van der Waals surface area contributed by atoms with Gasteiger partial charge in [-0.3, -0.25) is 4.79 Å². The largest absolute Gasteiger partial charge is 0.394 e. The molecule has 19 nitrogen and oxygen atoms in total. The molecule has 552 valence electrons. The first-order valence-corrected chi connectivity index (χ1v) is 38.8. The number of hydrogen-bond acceptors (Lipinski definition) is 18. The number of unbranched alkanes of at least 4 members (excludes halogenated alkanes) is 46. The van der Waals surface area contributed by atoms with Crippen molar-refractivity contribution in [1.82, 2.24) is 5.32 Å². The molecule has 0 saturated carbocycles. The molecule has 0 aromatic heterocycles. The van der Waals surface area contributed by atoms with Gasteiger partial charge >= 0.3 is 0 Å². The Kier molecular flexibility index (Phi) is 52.3. The summed E-state index contributed by atoms with van der Waals surface area (Å²) in [6.07, 6.45) is 36.1. The molecule has 3 saturated heterocycles. The van der Waals surface area contributed by atoms with Crippen LogP contribution in [-0.4, -0.2) is 193 Å². The van der Waals surface area contributed by atoms with Gasteiger partial charge in [-0.15, -0.1) is 0 Å². The molecule has 12 N–H and O–H groups in total. The molecule has 3 aliphatic rings. The molecule has 3 fully saturated rings. The standard InChI is InChI=1S/C74H143NO18/c1-3-5-7-9-11-13-15-17-19-21-23-25-26-27-28-29-30-32-33-35-37-39-41-43-45-47-49-51-58(79)57(75-62(80)52-50-48-46-44-42-40-38-36-34-31-24-22-20-18-16-14-12-10-8-6-4-2)56-88-72-68(86)65(83)70(60(54-77)90-72)93-74-69(87)66(84)71(61(55-78)91-74)92-73-67(85)64(82)63(81)59(53-76)89-73/h57-61,63-74,76-79,81-87H,3-56H2,1-2H3,(H,75,80). The van der Waals surface area contributed by atoms with Crippen molar-refractivity contribution in [2.45, 2.75) is 439 Å². The van der Waals surface area contributed by atoms with E-state index in [-0.39, 0.29) is 18.9 Å². The lowest BCUT2D eigenvalue weighted by molar-refractivity contribution is -0.379. The third kappa shape index (κ3) is 37.7. The fourth-order valence-electron chi connectivity index (χ4n) is 13.7. The van der Waals surface area contributed by atoms with Gasteiger partial charge in [0.25, 0.3) is 0 Å². The first-order chi connectivity index (χ1) is 45.3. The second-order valence-electron chi connectivity index (χ2n) is 28.2. The summed E-state index contributed by atoms with van der Waals surface area (Å²) in [5.41, 5.74) is 0. The van der Waals surface area contributed by atoms with Crippen LogP contribution in [0, 0.1) is 0 Å². The van der Waals surface area contributed by atoms with E-state index in [9.17, 15) is 61.0 Å². The summed E-state index contributed by atoms with van der Waals surface area (Å²) in [7, 11) is 0. The van der Waals surface area contributed by atoms with E-state index in [4.69, 9.17) is 28.4 Å². The first-order valence-electron chi connectivity index (χ1n) is 38.8. The summed E-state index contributed by atoms with van der Waals surface area (Å²) in [6.45, 7) is 1.87. The molecule has 19 heteroatoms. The van der Waals surface area contributed by atoms with E-state index in [1.54, 1.807) is 0 Å². The number of hydrogen-bond donors (Lipinski definition) is 12. The van der Waals surface area contributed by atoms with Crippen LogP contribution in [-0.2, 0) is 33.2 Å². The number of rotatable bonds is 62. The molecule has 0 bridgehead atoms. The van der Waals surface area contributed by atoms with Gasteiger partial charge in [0, 0.05) is 6.42 Å². The number of amides is 1. The third-order valence-electron chi connectivity index (χ3n) is 19.9. The Bertz CT molecular complexity index is 1690. The average Bonchev–Trinajstić information content (AvgIpc) is 0.985. The zero-order chi connectivity index (χ0) is 67.5. The van der Waals surface area contributed by atoms with Crippen LogP contribution in [0.1, 0.15) is 335 Å². The fourth-order valence-corrected chi connectivity index (χ4v) is 13.7. The smallest absolute Gasteiger partial charge is 0.220 e. The van der Waals surface area contributed by atoms with Crippen molar-refractivity contribution < 1.29 is 89.4 Å². The summed E-state index contributed by atoms with van der Waals surface area (Å²) in [5, 5.41) is 121. The van der Waals surface area contributed by atoms with Crippen molar-refractivity contribution in [3.63, 3.8) is 0 Å². The van der Waals surface area contributed by atoms with E-state index in [0.29, 0.717) is 12.8 Å². The number of ether oxygens (including phenoxy) is 6. The minimum absolute atomic E-state index is 0.234. The highest BCUT2D eigenvalue weighted by Gasteiger charge is 2.54. The van der Waals surface area contributed by atoms with Crippen LogP contribution in [0.2, 0.25) is 0 Å². The van der Waals surface area contributed by atoms with Crippen molar-refractivity contribution in [1.29, 1.82) is 0 Å². The molecule has 3 aliphatic heterocycles. The maximum absolute atomic E-state index is 13.5. The Morgan fingerprint density at radius 1 is 0.344 bits per heavy atom. The van der Waals surface area contributed by atoms with E-state index in [2.05, 4.69) is 19.2 Å². The van der Waals surface area contributed by atoms with Crippen molar-refractivity contribution >= 4 is 5.91 Å². The molecule has 0 spiro atoms. The van der Waals surface area contributed by atoms with Crippen LogP contribution >= 0.6 is 0 Å². The van der Waals surface area contributed by atoms with Crippen molar-refractivity contribution in [3.8, 4) is 0 Å². The fraction of sp³-hybridized carbons (Fsp3) is 0.986. The molecule has 0 aromatic carbocycles. The maximum Gasteiger partial charge on any atom is 0.220 e. The Hall–Kier alpha value is -1.21. The zero-order valence-corrected chi connectivity index (χ0v) is 58.8. The quantitative estimate of drug-likeness (QED) is 0.0252. The third-order valence-corrected chi connectivity index (χ3v) is 19.9. The van der Waals surface area contributed by atoms with Gasteiger partial charge in [0.15, 0.2) is 18.9 Å². The molecule has 1 amide bonds. The van der Waals surface area contributed by atoms with Crippen molar-refractivity contribution in [2.24, 2.45) is 0 Å². The van der Waals surface area contributed by atoms with Crippen LogP contribution in [0.5, 0.6) is 0 Å². The minimum atomic E-state index is -1.97. The van der Waals surface area contributed by atoms with Gasteiger partial charge in [-0.25, -0.2) is 0 Å². The van der Waals surface area contributed by atoms with E-state index in [0.717, 1.165) is 44.9 Å². The molecule has 0 radical (unpaired) electrons. The molecular formula is C74H143NO18. The number of nitrogens with one attached hydrogen (secondary N) is 1. The van der Waals surface area contributed by atoms with E-state index in [1.807, 2.05) is 0 Å². The maximum atomic E-state index is 13.5. The van der Waals surface area contributed by atoms with Gasteiger partial charge in [0.05, 0.1) is 38.6 Å². The van der Waals surface area contributed by atoms with Crippen LogP contribution in [0.4, 0.5) is 0 Å². The van der Waals surface area contributed by atoms with E-state index >= 15 is 0 Å². The van der Waals surface area contributed by atoms with Crippen LogP contribution in [0.3, 0.4) is 0 Å². The number of aliphatic hydroxyl groups is 11. The summed E-state index contributed by atoms with van der Waals surface area (Å²) in [5.74, 6) is -0.234. The van der Waals surface area contributed by atoms with E-state index in [1.165, 1.54) is 257 Å². The lowest BCUT2D eigenvalue weighted by Crippen LogP contribution is -2.66. The minimum Gasteiger partial charge on any atom is -0.394 e. The van der Waals surface area contributed by atoms with Gasteiger partial charge in [-0.2, -0.15) is 0 Å². The molecule has 0 aliphatic carbocycles. The molecular weight excluding hydrogens is 1190 g/mol.